The van der Waals surface area contributed by atoms with E-state index in [4.69, 9.17) is 9.11 Å². The van der Waals surface area contributed by atoms with Gasteiger partial charge in [0.2, 0.25) is 0 Å². The minimum atomic E-state index is -4.30. The maximum absolute atomic E-state index is 10.7. The predicted octanol–water partition coefficient (Wildman–Crippen LogP) is 2.07. The van der Waals surface area contributed by atoms with Gasteiger partial charge in [0.15, 0.2) is 11.6 Å². The molecule has 0 saturated carbocycles. The Labute approximate surface area is 171 Å². The SMILES string of the molecule is CC(=O)c1scnc1C.CC(=O)c1scnc1C.O=S(=O)(O)CCS(=O)(=O)O. The predicted molar refractivity (Wildman–Crippen MR) is 107 cm³/mol. The molecule has 0 amide bonds. The summed E-state index contributed by atoms with van der Waals surface area (Å²) in [5.74, 6) is -1.75. The summed E-state index contributed by atoms with van der Waals surface area (Å²) in [5, 5.41) is 0. The van der Waals surface area contributed by atoms with Crippen molar-refractivity contribution in [2.24, 2.45) is 0 Å². The van der Waals surface area contributed by atoms with Crippen molar-refractivity contribution in [2.45, 2.75) is 27.7 Å². The molecule has 2 rings (SSSR count). The molecule has 2 N–H and O–H groups in total. The highest BCUT2D eigenvalue weighted by Crippen LogP contribution is 2.12. The molecule has 0 spiro atoms. The molecule has 0 aliphatic heterocycles. The van der Waals surface area contributed by atoms with Gasteiger partial charge in [-0.25, -0.2) is 9.97 Å². The molecular weight excluding hydrogens is 452 g/mol. The summed E-state index contributed by atoms with van der Waals surface area (Å²) < 4.78 is 55.4. The third-order valence-corrected chi connectivity index (χ3v) is 6.49. The Hall–Kier alpha value is -1.58. The quantitative estimate of drug-likeness (QED) is 0.485. The fourth-order valence-electron chi connectivity index (χ4n) is 1.49. The van der Waals surface area contributed by atoms with E-state index in [0.717, 1.165) is 21.1 Å². The van der Waals surface area contributed by atoms with Crippen LogP contribution in [0.1, 0.15) is 44.6 Å². The maximum atomic E-state index is 10.7. The van der Waals surface area contributed by atoms with Crippen LogP contribution in [0.15, 0.2) is 11.0 Å². The number of carbonyl (C=O) groups excluding carboxylic acids is 2. The Kier molecular flexibility index (Phi) is 10.8. The highest BCUT2D eigenvalue weighted by molar-refractivity contribution is 7.89. The number of aryl methyl sites for hydroxylation is 2. The normalized spacial score (nSPS) is 10.9. The molecule has 158 valence electrons. The van der Waals surface area contributed by atoms with Gasteiger partial charge in [-0.1, -0.05) is 0 Å². The number of carbonyl (C=O) groups is 2. The topological polar surface area (TPSA) is 169 Å². The first-order valence-corrected chi connectivity index (χ1v) is 12.3. The van der Waals surface area contributed by atoms with E-state index >= 15 is 0 Å². The molecule has 0 unspecified atom stereocenters. The van der Waals surface area contributed by atoms with Crippen molar-refractivity contribution in [3.8, 4) is 0 Å². The average molecular weight is 473 g/mol. The number of Topliss-reactive ketones (excluding diaryl/α,β-unsaturated/α-hetero) is 2. The number of hydrogen-bond donors (Lipinski definition) is 2. The van der Waals surface area contributed by atoms with Gasteiger partial charge < -0.3 is 0 Å². The largest absolute Gasteiger partial charge is 0.294 e. The second kappa shape index (κ2) is 11.4. The molecule has 0 fully saturated rings. The molecular formula is C14H20N2O8S4. The number of hydrogen-bond acceptors (Lipinski definition) is 10. The lowest BCUT2D eigenvalue weighted by molar-refractivity contribution is 0.101. The zero-order valence-electron chi connectivity index (χ0n) is 15.4. The van der Waals surface area contributed by atoms with Crippen molar-refractivity contribution in [3.63, 3.8) is 0 Å². The van der Waals surface area contributed by atoms with Gasteiger partial charge in [0.25, 0.3) is 20.2 Å². The monoisotopic (exact) mass is 472 g/mol. The lowest BCUT2D eigenvalue weighted by Gasteiger charge is -1.92. The van der Waals surface area contributed by atoms with Gasteiger partial charge in [0.05, 0.1) is 43.7 Å². The van der Waals surface area contributed by atoms with Gasteiger partial charge in [0.1, 0.15) is 0 Å². The Morgan fingerprint density at radius 3 is 1.21 bits per heavy atom. The van der Waals surface area contributed by atoms with Crippen LogP contribution in [0.2, 0.25) is 0 Å². The smallest absolute Gasteiger partial charge is 0.265 e. The standard InChI is InChI=1S/2C6H7NOS.C2H6O6S2/c2*1-4-6(5(2)8)9-3-7-4;3-9(4,5)1-2-10(6,7)8/h2*3H,1-2H3;1-2H2,(H,3,4,5)(H,6,7,8). The van der Waals surface area contributed by atoms with E-state index in [0.29, 0.717) is 0 Å². The summed E-state index contributed by atoms with van der Waals surface area (Å²) in [6.07, 6.45) is 0. The molecule has 0 bridgehead atoms. The molecule has 2 aromatic heterocycles. The van der Waals surface area contributed by atoms with Gasteiger partial charge >= 0.3 is 0 Å². The van der Waals surface area contributed by atoms with Crippen LogP contribution in [0, 0.1) is 13.8 Å². The third kappa shape index (κ3) is 12.0. The first-order valence-electron chi connectivity index (χ1n) is 7.36. The number of aromatic nitrogens is 2. The number of ketones is 2. The third-order valence-electron chi connectivity index (χ3n) is 2.73. The van der Waals surface area contributed by atoms with Crippen molar-refractivity contribution in [1.82, 2.24) is 9.97 Å². The zero-order valence-corrected chi connectivity index (χ0v) is 18.7. The number of rotatable bonds is 5. The summed E-state index contributed by atoms with van der Waals surface area (Å²) in [4.78, 5) is 30.8. The van der Waals surface area contributed by atoms with Crippen LogP contribution in [0.25, 0.3) is 0 Å². The minimum absolute atomic E-state index is 0.106. The van der Waals surface area contributed by atoms with Crippen LogP contribution in [0.3, 0.4) is 0 Å². The molecule has 0 saturated heterocycles. The number of nitrogens with zero attached hydrogens (tertiary/aromatic N) is 2. The van der Waals surface area contributed by atoms with Crippen molar-refractivity contribution in [2.75, 3.05) is 11.5 Å². The van der Waals surface area contributed by atoms with Gasteiger partial charge in [-0.05, 0) is 13.8 Å². The van der Waals surface area contributed by atoms with E-state index in [9.17, 15) is 26.4 Å². The zero-order chi connectivity index (χ0) is 22.1. The summed E-state index contributed by atoms with van der Waals surface area (Å²) in [7, 11) is -8.59. The molecule has 0 atom stereocenters. The Bertz CT molecular complexity index is 924. The van der Waals surface area contributed by atoms with Crippen LogP contribution in [-0.4, -0.2) is 59.0 Å². The molecule has 0 aromatic carbocycles. The summed E-state index contributed by atoms with van der Waals surface area (Å²) in [6, 6.07) is 0. The van der Waals surface area contributed by atoms with E-state index in [-0.39, 0.29) is 11.6 Å². The first kappa shape index (κ1) is 26.4. The molecule has 14 heteroatoms. The van der Waals surface area contributed by atoms with Crippen molar-refractivity contribution in [3.05, 3.63) is 32.2 Å². The van der Waals surface area contributed by atoms with Crippen LogP contribution < -0.4 is 0 Å². The van der Waals surface area contributed by atoms with Crippen molar-refractivity contribution < 1.29 is 35.5 Å². The Morgan fingerprint density at radius 1 is 0.821 bits per heavy atom. The van der Waals surface area contributed by atoms with Gasteiger partial charge in [-0.15, -0.1) is 22.7 Å². The lowest BCUT2D eigenvalue weighted by Crippen LogP contribution is -2.15. The Balaban J connectivity index is 0.000000391. The lowest BCUT2D eigenvalue weighted by atomic mass is 10.3. The molecule has 0 radical (unpaired) electrons. The average Bonchev–Trinajstić information content (AvgIpc) is 3.13. The maximum Gasteiger partial charge on any atom is 0.265 e. The van der Waals surface area contributed by atoms with Crippen LogP contribution in [0.4, 0.5) is 0 Å². The molecule has 2 aromatic rings. The molecule has 0 aliphatic rings. The summed E-state index contributed by atoms with van der Waals surface area (Å²) in [5.41, 5.74) is 5.05. The van der Waals surface area contributed by atoms with Gasteiger partial charge in [-0.3, -0.25) is 18.7 Å². The summed E-state index contributed by atoms with van der Waals surface area (Å²) in [6.45, 7) is 6.79. The Morgan fingerprint density at radius 2 is 1.11 bits per heavy atom. The van der Waals surface area contributed by atoms with E-state index < -0.39 is 31.7 Å². The van der Waals surface area contributed by atoms with E-state index in [2.05, 4.69) is 9.97 Å². The summed E-state index contributed by atoms with van der Waals surface area (Å²) >= 11 is 2.79. The molecule has 0 aliphatic carbocycles. The first-order chi connectivity index (χ1) is 12.6. The van der Waals surface area contributed by atoms with E-state index in [1.165, 1.54) is 22.7 Å². The fraction of sp³-hybridized carbons (Fsp3) is 0.429. The molecule has 10 nitrogen and oxygen atoms in total. The number of thiazole rings is 2. The van der Waals surface area contributed by atoms with E-state index in [1.54, 1.807) is 24.9 Å². The highest BCUT2D eigenvalue weighted by atomic mass is 32.2. The second-order valence-corrected chi connectivity index (χ2v) is 10.1. The van der Waals surface area contributed by atoms with Crippen LogP contribution in [0.5, 0.6) is 0 Å². The molecule has 2 heterocycles. The highest BCUT2D eigenvalue weighted by Gasteiger charge is 2.11. The van der Waals surface area contributed by atoms with Gasteiger partial charge in [0, 0.05) is 13.8 Å². The van der Waals surface area contributed by atoms with Crippen molar-refractivity contribution >= 4 is 54.5 Å². The van der Waals surface area contributed by atoms with Gasteiger partial charge in [-0.2, -0.15) is 16.8 Å². The molecule has 28 heavy (non-hydrogen) atoms. The van der Waals surface area contributed by atoms with E-state index in [1.807, 2.05) is 13.8 Å². The fourth-order valence-corrected chi connectivity index (χ4v) is 4.59. The minimum Gasteiger partial charge on any atom is -0.294 e. The van der Waals surface area contributed by atoms with Crippen molar-refractivity contribution in [1.29, 1.82) is 0 Å². The second-order valence-electron chi connectivity index (χ2n) is 5.22. The van der Waals surface area contributed by atoms with Crippen LogP contribution in [-0.2, 0) is 20.2 Å². The van der Waals surface area contributed by atoms with Crippen LogP contribution >= 0.6 is 22.7 Å².